The van der Waals surface area contributed by atoms with Crippen LogP contribution in [-0.4, -0.2) is 9.97 Å². The average Bonchev–Trinajstić information content (AvgIpc) is 2.47. The molecule has 0 saturated heterocycles. The Balaban J connectivity index is 1.90. The molecule has 1 aromatic heterocycles. The van der Waals surface area contributed by atoms with Gasteiger partial charge in [0.25, 0.3) is 0 Å². The third-order valence-electron chi connectivity index (χ3n) is 3.11. The van der Waals surface area contributed by atoms with E-state index in [4.69, 9.17) is 5.73 Å². The quantitative estimate of drug-likeness (QED) is 0.764. The van der Waals surface area contributed by atoms with Crippen LogP contribution in [0, 0.1) is 6.92 Å². The standard InChI is InChI=1S/C17H16N4/c1-12-10-16(21-17(18)19-12)20-15-9-5-8-14(11-15)13-6-3-2-4-7-13/h2-11H,1H3,(H3,18,19,20,21). The monoisotopic (exact) mass is 276 g/mol. The number of nitrogen functional groups attached to an aromatic ring is 1. The van der Waals surface area contributed by atoms with Gasteiger partial charge in [-0.3, -0.25) is 0 Å². The molecule has 21 heavy (non-hydrogen) atoms. The van der Waals surface area contributed by atoms with Gasteiger partial charge in [-0.1, -0.05) is 42.5 Å². The fourth-order valence-corrected chi connectivity index (χ4v) is 2.21. The maximum atomic E-state index is 5.67. The Hall–Kier alpha value is -2.88. The predicted octanol–water partition coefficient (Wildman–Crippen LogP) is 3.78. The molecule has 0 bridgehead atoms. The molecular weight excluding hydrogens is 260 g/mol. The third kappa shape index (κ3) is 3.17. The maximum Gasteiger partial charge on any atom is 0.222 e. The summed E-state index contributed by atoms with van der Waals surface area (Å²) in [6.07, 6.45) is 0. The Labute approximate surface area is 123 Å². The Morgan fingerprint density at radius 1 is 0.857 bits per heavy atom. The van der Waals surface area contributed by atoms with E-state index in [-0.39, 0.29) is 5.95 Å². The number of nitrogens with one attached hydrogen (secondary N) is 1. The van der Waals surface area contributed by atoms with E-state index in [1.807, 2.05) is 43.3 Å². The summed E-state index contributed by atoms with van der Waals surface area (Å²) in [6, 6.07) is 20.3. The highest BCUT2D eigenvalue weighted by Gasteiger charge is 2.02. The molecule has 104 valence electrons. The summed E-state index contributed by atoms with van der Waals surface area (Å²) < 4.78 is 0. The van der Waals surface area contributed by atoms with Gasteiger partial charge in [0.05, 0.1) is 0 Å². The van der Waals surface area contributed by atoms with Crippen molar-refractivity contribution in [2.45, 2.75) is 6.92 Å². The van der Waals surface area contributed by atoms with E-state index >= 15 is 0 Å². The summed E-state index contributed by atoms with van der Waals surface area (Å²) >= 11 is 0. The van der Waals surface area contributed by atoms with Crippen LogP contribution in [0.5, 0.6) is 0 Å². The molecule has 3 aromatic rings. The van der Waals surface area contributed by atoms with Crippen molar-refractivity contribution in [2.24, 2.45) is 0 Å². The summed E-state index contributed by atoms with van der Waals surface area (Å²) in [5.41, 5.74) is 9.81. The van der Waals surface area contributed by atoms with Crippen molar-refractivity contribution < 1.29 is 0 Å². The van der Waals surface area contributed by atoms with Crippen LogP contribution in [0.15, 0.2) is 60.7 Å². The molecule has 0 aliphatic carbocycles. The zero-order valence-electron chi connectivity index (χ0n) is 11.7. The van der Waals surface area contributed by atoms with Crippen LogP contribution in [0.25, 0.3) is 11.1 Å². The van der Waals surface area contributed by atoms with Crippen LogP contribution in [0.1, 0.15) is 5.69 Å². The van der Waals surface area contributed by atoms with Gasteiger partial charge < -0.3 is 11.1 Å². The van der Waals surface area contributed by atoms with Crippen molar-refractivity contribution in [3.63, 3.8) is 0 Å². The van der Waals surface area contributed by atoms with E-state index in [0.29, 0.717) is 5.82 Å². The van der Waals surface area contributed by atoms with Crippen LogP contribution in [0.2, 0.25) is 0 Å². The number of aryl methyl sites for hydroxylation is 1. The minimum Gasteiger partial charge on any atom is -0.368 e. The van der Waals surface area contributed by atoms with E-state index in [1.54, 1.807) is 0 Å². The van der Waals surface area contributed by atoms with Gasteiger partial charge in [0.2, 0.25) is 5.95 Å². The molecule has 3 rings (SSSR count). The van der Waals surface area contributed by atoms with Crippen molar-refractivity contribution in [3.8, 4) is 11.1 Å². The second-order valence-electron chi connectivity index (χ2n) is 4.82. The first kappa shape index (κ1) is 13.1. The molecule has 0 aliphatic heterocycles. The summed E-state index contributed by atoms with van der Waals surface area (Å²) in [6.45, 7) is 1.89. The van der Waals surface area contributed by atoms with Crippen LogP contribution in [0.3, 0.4) is 0 Å². The van der Waals surface area contributed by atoms with Crippen molar-refractivity contribution in [3.05, 3.63) is 66.4 Å². The van der Waals surface area contributed by atoms with Gasteiger partial charge in [0.1, 0.15) is 5.82 Å². The number of hydrogen-bond acceptors (Lipinski definition) is 4. The molecule has 4 nitrogen and oxygen atoms in total. The Kier molecular flexibility index (Phi) is 3.51. The van der Waals surface area contributed by atoms with Gasteiger partial charge in [0, 0.05) is 17.4 Å². The molecule has 0 atom stereocenters. The molecule has 0 radical (unpaired) electrons. The van der Waals surface area contributed by atoms with Gasteiger partial charge in [0.15, 0.2) is 0 Å². The van der Waals surface area contributed by atoms with Gasteiger partial charge in [-0.25, -0.2) is 4.98 Å². The number of anilines is 3. The highest BCUT2D eigenvalue weighted by Crippen LogP contribution is 2.24. The minimum absolute atomic E-state index is 0.275. The van der Waals surface area contributed by atoms with E-state index in [0.717, 1.165) is 16.9 Å². The van der Waals surface area contributed by atoms with Gasteiger partial charge in [-0.15, -0.1) is 0 Å². The van der Waals surface area contributed by atoms with E-state index in [9.17, 15) is 0 Å². The summed E-state index contributed by atoms with van der Waals surface area (Å²) in [5, 5.41) is 3.26. The number of hydrogen-bond donors (Lipinski definition) is 2. The molecule has 0 amide bonds. The number of rotatable bonds is 3. The zero-order chi connectivity index (χ0) is 14.7. The van der Waals surface area contributed by atoms with Crippen LogP contribution in [-0.2, 0) is 0 Å². The van der Waals surface area contributed by atoms with Crippen molar-refractivity contribution in [1.82, 2.24) is 9.97 Å². The molecular formula is C17H16N4. The lowest BCUT2D eigenvalue weighted by atomic mass is 10.1. The molecule has 0 spiro atoms. The van der Waals surface area contributed by atoms with Gasteiger partial charge in [-0.2, -0.15) is 4.98 Å². The number of aromatic nitrogens is 2. The lowest BCUT2D eigenvalue weighted by molar-refractivity contribution is 1.12. The first-order valence-corrected chi connectivity index (χ1v) is 6.74. The summed E-state index contributed by atoms with van der Waals surface area (Å²) in [7, 11) is 0. The van der Waals surface area contributed by atoms with Crippen LogP contribution in [0.4, 0.5) is 17.5 Å². The normalized spacial score (nSPS) is 10.3. The molecule has 2 aromatic carbocycles. The van der Waals surface area contributed by atoms with Crippen molar-refractivity contribution in [2.75, 3.05) is 11.1 Å². The highest BCUT2D eigenvalue weighted by atomic mass is 15.1. The zero-order valence-corrected chi connectivity index (χ0v) is 11.7. The fourth-order valence-electron chi connectivity index (χ4n) is 2.21. The highest BCUT2D eigenvalue weighted by molar-refractivity contribution is 5.70. The van der Waals surface area contributed by atoms with Crippen molar-refractivity contribution in [1.29, 1.82) is 0 Å². The maximum absolute atomic E-state index is 5.67. The summed E-state index contributed by atoms with van der Waals surface area (Å²) in [4.78, 5) is 8.25. The van der Waals surface area contributed by atoms with Gasteiger partial charge >= 0.3 is 0 Å². The van der Waals surface area contributed by atoms with Crippen molar-refractivity contribution >= 4 is 17.5 Å². The predicted molar refractivity (Wildman–Crippen MR) is 86.3 cm³/mol. The molecule has 1 heterocycles. The lowest BCUT2D eigenvalue weighted by Gasteiger charge is -2.09. The number of benzene rings is 2. The second-order valence-corrected chi connectivity index (χ2v) is 4.82. The van der Waals surface area contributed by atoms with E-state index in [1.165, 1.54) is 5.56 Å². The number of nitrogens with zero attached hydrogens (tertiary/aromatic N) is 2. The topological polar surface area (TPSA) is 63.8 Å². The molecule has 0 unspecified atom stereocenters. The fraction of sp³-hybridized carbons (Fsp3) is 0.0588. The smallest absolute Gasteiger partial charge is 0.222 e. The van der Waals surface area contributed by atoms with E-state index in [2.05, 4.69) is 39.6 Å². The SMILES string of the molecule is Cc1cc(Nc2cccc(-c3ccccc3)c2)nc(N)n1. The molecule has 4 heteroatoms. The number of nitrogens with two attached hydrogens (primary N) is 1. The van der Waals surface area contributed by atoms with Crippen LogP contribution >= 0.6 is 0 Å². The van der Waals surface area contributed by atoms with Gasteiger partial charge in [-0.05, 0) is 30.2 Å². The average molecular weight is 276 g/mol. The Bertz CT molecular complexity index is 733. The third-order valence-corrected chi connectivity index (χ3v) is 3.11. The molecule has 0 saturated carbocycles. The largest absolute Gasteiger partial charge is 0.368 e. The molecule has 3 N–H and O–H groups in total. The first-order chi connectivity index (χ1) is 10.2. The van der Waals surface area contributed by atoms with Crippen LogP contribution < -0.4 is 11.1 Å². The lowest BCUT2D eigenvalue weighted by Crippen LogP contribution is -2.01. The molecule has 0 aliphatic rings. The molecule has 0 fully saturated rings. The Morgan fingerprint density at radius 3 is 2.38 bits per heavy atom. The minimum atomic E-state index is 0.275. The first-order valence-electron chi connectivity index (χ1n) is 6.74. The summed E-state index contributed by atoms with van der Waals surface area (Å²) in [5.74, 6) is 0.974. The Morgan fingerprint density at radius 2 is 1.62 bits per heavy atom. The van der Waals surface area contributed by atoms with E-state index < -0.39 is 0 Å². The second kappa shape index (κ2) is 5.63.